The Morgan fingerprint density at radius 2 is 1.88 bits per heavy atom. The molecule has 1 aliphatic carbocycles. The van der Waals surface area contributed by atoms with Crippen LogP contribution in [0.2, 0.25) is 0 Å². The Hall–Kier alpha value is -0.820. The van der Waals surface area contributed by atoms with Crippen molar-refractivity contribution >= 4 is 0 Å². The highest BCUT2D eigenvalue weighted by Crippen LogP contribution is 2.34. The van der Waals surface area contributed by atoms with E-state index in [9.17, 15) is 0 Å². The number of hydrogen-bond acceptors (Lipinski definition) is 1. The van der Waals surface area contributed by atoms with Crippen LogP contribution in [0.25, 0.3) is 0 Å². The summed E-state index contributed by atoms with van der Waals surface area (Å²) in [6.45, 7) is 5.70. The van der Waals surface area contributed by atoms with Gasteiger partial charge in [-0.15, -0.1) is 0 Å². The van der Waals surface area contributed by atoms with E-state index in [1.165, 1.54) is 24.8 Å². The summed E-state index contributed by atoms with van der Waals surface area (Å²) in [5.74, 6) is 1.68. The molecule has 1 saturated carbocycles. The highest BCUT2D eigenvalue weighted by molar-refractivity contribution is 5.16. The van der Waals surface area contributed by atoms with E-state index in [1.807, 2.05) is 0 Å². The van der Waals surface area contributed by atoms with E-state index in [2.05, 4.69) is 49.5 Å². The molecule has 1 atom stereocenters. The first-order valence-electron chi connectivity index (χ1n) is 6.53. The molecule has 0 bridgehead atoms. The molecule has 1 aliphatic rings. The zero-order valence-corrected chi connectivity index (χ0v) is 10.4. The lowest BCUT2D eigenvalue weighted by atomic mass is 10.0. The van der Waals surface area contributed by atoms with Crippen molar-refractivity contribution in [1.82, 2.24) is 5.32 Å². The summed E-state index contributed by atoms with van der Waals surface area (Å²) in [4.78, 5) is 0. The van der Waals surface area contributed by atoms with Gasteiger partial charge in [0.05, 0.1) is 0 Å². The predicted molar refractivity (Wildman–Crippen MR) is 69.5 cm³/mol. The lowest BCUT2D eigenvalue weighted by molar-refractivity contribution is 0.424. The van der Waals surface area contributed by atoms with Crippen molar-refractivity contribution in [2.45, 2.75) is 39.2 Å². The molecule has 16 heavy (non-hydrogen) atoms. The van der Waals surface area contributed by atoms with Gasteiger partial charge in [-0.3, -0.25) is 0 Å². The van der Waals surface area contributed by atoms with E-state index in [-0.39, 0.29) is 0 Å². The molecule has 1 nitrogen and oxygen atoms in total. The molecule has 0 aliphatic heterocycles. The average Bonchev–Trinajstić information content (AvgIpc) is 3.09. The number of hydrogen-bond donors (Lipinski definition) is 1. The zero-order chi connectivity index (χ0) is 11.4. The number of nitrogens with one attached hydrogen (secondary N) is 1. The lowest BCUT2D eigenvalue weighted by Gasteiger charge is -2.19. The van der Waals surface area contributed by atoms with Gasteiger partial charge in [-0.1, -0.05) is 44.2 Å². The third kappa shape index (κ3) is 3.64. The third-order valence-electron chi connectivity index (χ3n) is 3.28. The quantitative estimate of drug-likeness (QED) is 0.771. The minimum absolute atomic E-state index is 0.699. The Labute approximate surface area is 99.3 Å². The van der Waals surface area contributed by atoms with Gasteiger partial charge in [0.2, 0.25) is 0 Å². The first-order valence-corrected chi connectivity index (χ1v) is 6.53. The minimum Gasteiger partial charge on any atom is -0.313 e. The van der Waals surface area contributed by atoms with E-state index < -0.39 is 0 Å². The summed E-state index contributed by atoms with van der Waals surface area (Å²) in [6.07, 6.45) is 4.03. The van der Waals surface area contributed by atoms with Gasteiger partial charge in [0.15, 0.2) is 0 Å². The van der Waals surface area contributed by atoms with E-state index >= 15 is 0 Å². The van der Waals surface area contributed by atoms with Crippen LogP contribution in [0.15, 0.2) is 30.3 Å². The van der Waals surface area contributed by atoms with Gasteiger partial charge in [0.1, 0.15) is 0 Å². The lowest BCUT2D eigenvalue weighted by Crippen LogP contribution is -2.35. The van der Waals surface area contributed by atoms with Crippen molar-refractivity contribution in [1.29, 1.82) is 0 Å². The van der Waals surface area contributed by atoms with E-state index in [0.29, 0.717) is 6.04 Å². The Kier molecular flexibility index (Phi) is 4.00. The molecular weight excluding hydrogens is 194 g/mol. The van der Waals surface area contributed by atoms with Crippen molar-refractivity contribution in [2.75, 3.05) is 6.54 Å². The van der Waals surface area contributed by atoms with Gasteiger partial charge in [-0.05, 0) is 43.2 Å². The average molecular weight is 217 g/mol. The molecule has 0 amide bonds. The van der Waals surface area contributed by atoms with Crippen molar-refractivity contribution in [3.63, 3.8) is 0 Å². The van der Waals surface area contributed by atoms with Crippen molar-refractivity contribution in [3.8, 4) is 0 Å². The highest BCUT2D eigenvalue weighted by Gasteiger charge is 2.30. The molecule has 2 rings (SSSR count). The maximum absolute atomic E-state index is 3.73. The molecular formula is C15H23N. The minimum atomic E-state index is 0.699. The standard InChI is InChI=1S/C15H23N/c1-12(2)11-16-15(14-8-9-14)10-13-6-4-3-5-7-13/h3-7,12,14-16H,8-11H2,1-2H3. The molecule has 0 radical (unpaired) electrons. The Balaban J connectivity index is 1.87. The molecule has 0 saturated heterocycles. The van der Waals surface area contributed by atoms with Crippen LogP contribution in [0.1, 0.15) is 32.3 Å². The van der Waals surface area contributed by atoms with Crippen LogP contribution in [0.4, 0.5) is 0 Å². The van der Waals surface area contributed by atoms with Crippen molar-refractivity contribution < 1.29 is 0 Å². The largest absolute Gasteiger partial charge is 0.313 e. The first kappa shape index (κ1) is 11.7. The van der Waals surface area contributed by atoms with Crippen LogP contribution in [0.3, 0.4) is 0 Å². The summed E-state index contributed by atoms with van der Waals surface area (Å²) >= 11 is 0. The second-order valence-electron chi connectivity index (χ2n) is 5.44. The van der Waals surface area contributed by atoms with Gasteiger partial charge in [0, 0.05) is 6.04 Å². The Morgan fingerprint density at radius 3 is 2.44 bits per heavy atom. The van der Waals surface area contributed by atoms with Gasteiger partial charge < -0.3 is 5.32 Å². The SMILES string of the molecule is CC(C)CNC(Cc1ccccc1)C1CC1. The monoisotopic (exact) mass is 217 g/mol. The first-order chi connectivity index (χ1) is 7.75. The maximum Gasteiger partial charge on any atom is 0.0136 e. The second-order valence-corrected chi connectivity index (χ2v) is 5.44. The van der Waals surface area contributed by atoms with Crippen LogP contribution in [0, 0.1) is 11.8 Å². The second kappa shape index (κ2) is 5.49. The fourth-order valence-electron chi connectivity index (χ4n) is 2.16. The van der Waals surface area contributed by atoms with Crippen LogP contribution < -0.4 is 5.32 Å². The zero-order valence-electron chi connectivity index (χ0n) is 10.4. The van der Waals surface area contributed by atoms with E-state index in [1.54, 1.807) is 0 Å². The summed E-state index contributed by atoms with van der Waals surface area (Å²) in [5, 5.41) is 3.73. The summed E-state index contributed by atoms with van der Waals surface area (Å²) in [7, 11) is 0. The van der Waals surface area contributed by atoms with E-state index in [4.69, 9.17) is 0 Å². The van der Waals surface area contributed by atoms with Crippen LogP contribution in [-0.4, -0.2) is 12.6 Å². The number of benzene rings is 1. The van der Waals surface area contributed by atoms with Crippen LogP contribution in [-0.2, 0) is 6.42 Å². The van der Waals surface area contributed by atoms with E-state index in [0.717, 1.165) is 18.4 Å². The van der Waals surface area contributed by atoms with Crippen LogP contribution >= 0.6 is 0 Å². The molecule has 1 aromatic rings. The molecule has 1 heteroatoms. The maximum atomic E-state index is 3.73. The van der Waals surface area contributed by atoms with Gasteiger partial charge >= 0.3 is 0 Å². The number of rotatable bonds is 6. The Morgan fingerprint density at radius 1 is 1.19 bits per heavy atom. The van der Waals surface area contributed by atoms with Gasteiger partial charge in [-0.2, -0.15) is 0 Å². The molecule has 0 heterocycles. The molecule has 0 spiro atoms. The molecule has 1 aromatic carbocycles. The molecule has 1 fully saturated rings. The Bertz CT molecular complexity index is 300. The smallest absolute Gasteiger partial charge is 0.0136 e. The van der Waals surface area contributed by atoms with Crippen LogP contribution in [0.5, 0.6) is 0 Å². The summed E-state index contributed by atoms with van der Waals surface area (Å²) in [6, 6.07) is 11.6. The summed E-state index contributed by atoms with van der Waals surface area (Å²) in [5.41, 5.74) is 1.47. The third-order valence-corrected chi connectivity index (χ3v) is 3.28. The fourth-order valence-corrected chi connectivity index (χ4v) is 2.16. The molecule has 1 unspecified atom stereocenters. The topological polar surface area (TPSA) is 12.0 Å². The molecule has 1 N–H and O–H groups in total. The van der Waals surface area contributed by atoms with Crippen molar-refractivity contribution in [3.05, 3.63) is 35.9 Å². The van der Waals surface area contributed by atoms with Crippen molar-refractivity contribution in [2.24, 2.45) is 11.8 Å². The predicted octanol–water partition coefficient (Wildman–Crippen LogP) is 3.25. The van der Waals surface area contributed by atoms with Gasteiger partial charge in [0.25, 0.3) is 0 Å². The fraction of sp³-hybridized carbons (Fsp3) is 0.600. The highest BCUT2D eigenvalue weighted by atomic mass is 14.9. The normalized spacial score (nSPS) is 17.7. The molecule has 88 valence electrons. The summed E-state index contributed by atoms with van der Waals surface area (Å²) < 4.78 is 0. The van der Waals surface area contributed by atoms with Gasteiger partial charge in [-0.25, -0.2) is 0 Å². The molecule has 0 aromatic heterocycles.